The summed E-state index contributed by atoms with van der Waals surface area (Å²) in [7, 11) is 0. The first kappa shape index (κ1) is 80.9. The molecular weight excluding hydrogens is 1420 g/mol. The summed E-state index contributed by atoms with van der Waals surface area (Å²) in [6, 6.07) is -0.270. The standard InChI is InChI=1S/C38H51NO12.C38H50O12.C2H3F3O.CH4/c1-13-15(3)34(8)24-14(2)31-38(39-31)36(10,37(11,33(45)51-38)50-19(7)43)26(24)30(47-17(5)41)25(34)22-23(13)35(9)20(27(44)29(22)46-16(4)40)12-21-28(49-21)32(35)48-18(6)42;1-14-12-23-37(10,38(11,34(44)49-23)50-20(7)42)28-25(14)35(8)16(3)15(2)26-24(27(35)32(28)46-18(5)40)31(45-17(4)39)29(43)21-13-22-30(48-22)33(36(21,26)9)47-19(6)41;3-2(4,5)1-6;/h13-15,20-26,28-32,39H,12H2,1-11H3;12,14-16,21-22,24-28,30-33H,13H2,1-11H3;6H,1H2;1H4/t13-,14+,15+,20-,21+,22-,23?,24+,25-,26+,28+,29-,30-,31-,32+,34-,35+,36+,37-,38+;14-,15-,16+,21-,22+,24-,25+,26?,27-,28+,30+,31-,32-,33+,35-,36+,37+,38-;;/m11../s1. The molecule has 0 aromatic rings. The Balaban J connectivity index is 0.000000186. The molecule has 0 aromatic carbocycles. The molecule has 1 spiro atoms. The molecule has 26 nitrogen and oxygen atoms in total. The van der Waals surface area contributed by atoms with Crippen molar-refractivity contribution in [2.75, 3.05) is 6.61 Å². The van der Waals surface area contributed by atoms with Crippen molar-refractivity contribution in [2.45, 2.75) is 263 Å². The van der Waals surface area contributed by atoms with Crippen LogP contribution < -0.4 is 5.32 Å². The molecule has 0 bridgehead atoms. The number of nitrogens with one attached hydrogen (secondary N) is 1. The van der Waals surface area contributed by atoms with Crippen LogP contribution in [0, 0.1) is 139 Å². The molecule has 2 N–H and O–H groups in total. The Kier molecular flexibility index (Phi) is 19.3. The SMILES string of the molecule is C.CC(=O)O[C@@H]1[C@H]2[C@H]3C([C@H](C)[C@H](C)[C@]2(C)[C@@H]2[C@@H]1[C@]1(C)C(=C[C@H]2C)OC(=O)[C@@]1(C)OC(C)=O)[C@]1(C)[C@H](C[C@@H]2O[C@@H]2[C@@H]1OC(C)=O)C(=O)[C@@H]3OC(C)=O.CC(=O)O[C@@H]1[C@H]2[C@H]3C([C@H](C)[C@H](C)[C@]2(C)[C@H]2[C@H](C)[C@H]4N[C@]45OC(=O)[C@@](C)(OC(C)=O)[C@]5(C)[C@H]12)[C@]1(C)[C@H](C[C@@H]2O[C@@H]2[C@@H]1OC(C)=O)C(=O)[C@@H]3OC(C)=O.OCC(F)(F)F. The largest absolute Gasteiger partial charge is 0.462 e. The van der Waals surface area contributed by atoms with Gasteiger partial charge in [0, 0.05) is 114 Å². The number of ketones is 2. The van der Waals surface area contributed by atoms with E-state index in [4.69, 9.17) is 61.9 Å². The minimum Gasteiger partial charge on any atom is -0.462 e. The lowest BCUT2D eigenvalue weighted by Crippen LogP contribution is -2.71. The number of esters is 10. The van der Waals surface area contributed by atoms with E-state index in [1.165, 1.54) is 55.4 Å². The summed E-state index contributed by atoms with van der Waals surface area (Å²) in [5.74, 6) is -12.7. The van der Waals surface area contributed by atoms with Crippen LogP contribution in [0.25, 0.3) is 0 Å². The zero-order valence-electron chi connectivity index (χ0n) is 64.8. The first-order valence-corrected chi connectivity index (χ1v) is 37.8. The summed E-state index contributed by atoms with van der Waals surface area (Å²) < 4.78 is 105. The normalized spacial score (nSPS) is 51.6. The molecule has 29 heteroatoms. The summed E-state index contributed by atoms with van der Waals surface area (Å²) in [5, 5.41) is 10.8. The summed E-state index contributed by atoms with van der Waals surface area (Å²) >= 11 is 0. The molecule has 9 saturated carbocycles. The Hall–Kier alpha value is -6.59. The highest BCUT2D eigenvalue weighted by atomic mass is 19.4. The minimum absolute atomic E-state index is 0. The van der Waals surface area contributed by atoms with Crippen molar-refractivity contribution in [1.29, 1.82) is 0 Å². The molecule has 38 atom stereocenters. The lowest BCUT2D eigenvalue weighted by Gasteiger charge is -2.66. The van der Waals surface area contributed by atoms with Crippen LogP contribution in [-0.4, -0.2) is 173 Å². The predicted molar refractivity (Wildman–Crippen MR) is 366 cm³/mol. The van der Waals surface area contributed by atoms with Crippen molar-refractivity contribution in [2.24, 2.45) is 139 Å². The van der Waals surface area contributed by atoms with Crippen molar-refractivity contribution in [3.63, 3.8) is 0 Å². The van der Waals surface area contributed by atoms with Gasteiger partial charge in [0.05, 0.1) is 29.1 Å². The zero-order valence-corrected chi connectivity index (χ0v) is 64.8. The maximum Gasteiger partial charge on any atom is 0.411 e. The Labute approximate surface area is 627 Å². The molecule has 5 aliphatic heterocycles. The van der Waals surface area contributed by atoms with E-state index in [0.29, 0.717) is 18.6 Å². The van der Waals surface area contributed by atoms with Crippen LogP contribution in [0.2, 0.25) is 0 Å². The summed E-state index contributed by atoms with van der Waals surface area (Å²) in [6.45, 7) is 36.9. The number of alkyl halides is 3. The Morgan fingerprint density at radius 2 is 0.889 bits per heavy atom. The second kappa shape index (κ2) is 25.7. The molecule has 5 saturated heterocycles. The summed E-state index contributed by atoms with van der Waals surface area (Å²) in [5.41, 5.74) is -10.3. The number of Topliss-reactive ketones (excluding diaryl/α,β-unsaturated/α-hetero) is 2. The second-order valence-corrected chi connectivity index (χ2v) is 35.9. The molecule has 10 aliphatic carbocycles. The van der Waals surface area contributed by atoms with Crippen LogP contribution in [-0.2, 0) is 114 Å². The highest BCUT2D eigenvalue weighted by molar-refractivity contribution is 5.92. The van der Waals surface area contributed by atoms with Gasteiger partial charge in [-0.25, -0.2) is 9.59 Å². The van der Waals surface area contributed by atoms with Gasteiger partial charge in [-0.1, -0.05) is 76.7 Å². The van der Waals surface area contributed by atoms with E-state index in [0.717, 1.165) is 0 Å². The van der Waals surface area contributed by atoms with Gasteiger partial charge < -0.3 is 61.9 Å². The van der Waals surface area contributed by atoms with E-state index >= 15 is 0 Å². The third-order valence-electron chi connectivity index (χ3n) is 31.6. The van der Waals surface area contributed by atoms with Crippen molar-refractivity contribution < 1.29 is 133 Å². The third kappa shape index (κ3) is 10.6. The number of hydrogen-bond donors (Lipinski definition) is 2. The highest BCUT2D eigenvalue weighted by Crippen LogP contribution is 2.82. The summed E-state index contributed by atoms with van der Waals surface area (Å²) in [4.78, 5) is 161. The number of aliphatic hydroxyl groups excluding tert-OH is 1. The van der Waals surface area contributed by atoms with Crippen molar-refractivity contribution in [3.8, 4) is 0 Å². The number of carbonyl (C=O) groups is 12. The molecule has 15 aliphatic rings. The van der Waals surface area contributed by atoms with Crippen molar-refractivity contribution >= 4 is 71.3 Å². The maximum absolute atomic E-state index is 15.0. The highest BCUT2D eigenvalue weighted by Gasteiger charge is 2.93. The molecule has 0 aromatic heterocycles. The fourth-order valence-corrected chi connectivity index (χ4v) is 27.5. The number of ether oxygens (including phenoxy) is 12. The van der Waals surface area contributed by atoms with Crippen molar-refractivity contribution in [3.05, 3.63) is 11.8 Å². The first-order valence-electron chi connectivity index (χ1n) is 37.8. The zero-order chi connectivity index (χ0) is 79.3. The van der Waals surface area contributed by atoms with Crippen LogP contribution in [0.4, 0.5) is 13.2 Å². The Bertz CT molecular complexity index is 3900. The molecule has 15 rings (SSSR count). The Morgan fingerprint density at radius 3 is 1.28 bits per heavy atom. The molecule has 2 unspecified atom stereocenters. The second-order valence-electron chi connectivity index (χ2n) is 35.9. The van der Waals surface area contributed by atoms with Gasteiger partial charge in [0.1, 0.15) is 49.0 Å². The van der Waals surface area contributed by atoms with Gasteiger partial charge in [0.15, 0.2) is 29.5 Å². The smallest absolute Gasteiger partial charge is 0.411 e. The van der Waals surface area contributed by atoms with Crippen LogP contribution >= 0.6 is 0 Å². The molecular formula is C79H108F3NO25. The molecule has 600 valence electrons. The molecule has 14 fully saturated rings. The molecule has 0 amide bonds. The first-order chi connectivity index (χ1) is 49.4. The van der Waals surface area contributed by atoms with E-state index in [9.17, 15) is 70.7 Å². The Morgan fingerprint density at radius 1 is 0.500 bits per heavy atom. The van der Waals surface area contributed by atoms with Crippen LogP contribution in [0.15, 0.2) is 11.8 Å². The van der Waals surface area contributed by atoms with Crippen molar-refractivity contribution in [1.82, 2.24) is 5.32 Å². The number of carbonyl (C=O) groups excluding carboxylic acids is 12. The number of aliphatic hydroxyl groups is 1. The van der Waals surface area contributed by atoms with Crippen LogP contribution in [0.1, 0.15) is 173 Å². The third-order valence-corrected chi connectivity index (χ3v) is 31.6. The monoisotopic (exact) mass is 1530 g/mol. The molecule has 0 radical (unpaired) electrons. The quantitative estimate of drug-likeness (QED) is 0.132. The van der Waals surface area contributed by atoms with E-state index < -0.39 is 206 Å². The topological polar surface area (TPSA) is 364 Å². The number of rotatable bonds is 8. The number of fused-ring (bicyclic) bond motifs is 19. The van der Waals surface area contributed by atoms with Gasteiger partial charge in [-0.05, 0) is 117 Å². The van der Waals surface area contributed by atoms with Crippen LogP contribution in [0.3, 0.4) is 0 Å². The fraction of sp³-hybridized carbons (Fsp3) is 0.823. The minimum atomic E-state index is -4.40. The van der Waals surface area contributed by atoms with E-state index in [1.54, 1.807) is 13.8 Å². The van der Waals surface area contributed by atoms with E-state index in [2.05, 4.69) is 60.7 Å². The number of halogens is 3. The maximum atomic E-state index is 15.0. The van der Waals surface area contributed by atoms with Gasteiger partial charge >= 0.3 is 65.9 Å². The average molecular weight is 1530 g/mol. The summed E-state index contributed by atoms with van der Waals surface area (Å²) in [6.07, 6.45) is -8.40. The van der Waals surface area contributed by atoms with Crippen LogP contribution in [0.5, 0.6) is 0 Å². The van der Waals surface area contributed by atoms with Gasteiger partial charge in [-0.2, -0.15) is 13.2 Å². The molecule has 108 heavy (non-hydrogen) atoms. The predicted octanol–water partition coefficient (Wildman–Crippen LogP) is 7.89. The molecule has 5 heterocycles. The lowest BCUT2D eigenvalue weighted by molar-refractivity contribution is -0.239. The van der Waals surface area contributed by atoms with Gasteiger partial charge in [-0.3, -0.25) is 53.3 Å². The fourth-order valence-electron chi connectivity index (χ4n) is 27.5. The number of hydrogen-bond acceptors (Lipinski definition) is 26. The lowest BCUT2D eigenvalue weighted by atomic mass is 9.38. The van der Waals surface area contributed by atoms with E-state index in [-0.39, 0.29) is 109 Å². The van der Waals surface area contributed by atoms with Gasteiger partial charge in [0.25, 0.3) is 0 Å². The van der Waals surface area contributed by atoms with E-state index in [1.807, 2.05) is 33.8 Å². The van der Waals surface area contributed by atoms with Gasteiger partial charge in [0.2, 0.25) is 11.2 Å². The number of epoxide rings is 2. The number of allylic oxidation sites excluding steroid dienone is 1. The van der Waals surface area contributed by atoms with Gasteiger partial charge in [-0.15, -0.1) is 0 Å². The average Bonchev–Trinajstić information content (AvgIpc) is 1.44.